The Morgan fingerprint density at radius 3 is 2.27 bits per heavy atom. The maximum atomic E-state index is 14.1. The molecule has 0 aliphatic heterocycles. The number of rotatable bonds is 8. The lowest BCUT2D eigenvalue weighted by atomic mass is 9.91. The van der Waals surface area contributed by atoms with Gasteiger partial charge in [0.25, 0.3) is 5.91 Å². The van der Waals surface area contributed by atoms with Crippen molar-refractivity contribution in [2.75, 3.05) is 21.3 Å². The SMILES string of the molecule is O=C(Nc1ccncc1)NC1CCC(Nc2cc(NC3CC3)c3ncc(C(=O)Nc4ccncc4F)n3n2)CC1. The number of pyridine rings is 2. The Labute approximate surface area is 229 Å². The molecule has 2 saturated carbocycles. The van der Waals surface area contributed by atoms with E-state index in [0.29, 0.717) is 23.2 Å². The second-order valence-electron chi connectivity index (χ2n) is 10.1. The Kier molecular flexibility index (Phi) is 7.08. The molecule has 40 heavy (non-hydrogen) atoms. The van der Waals surface area contributed by atoms with E-state index in [0.717, 1.165) is 50.4 Å². The minimum atomic E-state index is -0.629. The summed E-state index contributed by atoms with van der Waals surface area (Å²) in [5, 5.41) is 20.1. The molecule has 206 valence electrons. The molecule has 2 aliphatic rings. The molecule has 12 nitrogen and oxygen atoms in total. The van der Waals surface area contributed by atoms with Gasteiger partial charge >= 0.3 is 6.03 Å². The van der Waals surface area contributed by atoms with E-state index in [1.807, 2.05) is 6.07 Å². The fourth-order valence-electron chi connectivity index (χ4n) is 4.79. The summed E-state index contributed by atoms with van der Waals surface area (Å²) >= 11 is 0. The number of aromatic nitrogens is 5. The molecular weight excluding hydrogens is 515 g/mol. The van der Waals surface area contributed by atoms with Crippen LogP contribution in [0.4, 0.5) is 32.1 Å². The fourth-order valence-corrected chi connectivity index (χ4v) is 4.79. The van der Waals surface area contributed by atoms with Crippen molar-refractivity contribution in [1.82, 2.24) is 29.9 Å². The van der Waals surface area contributed by atoms with Crippen molar-refractivity contribution in [3.63, 3.8) is 0 Å². The zero-order valence-electron chi connectivity index (χ0n) is 21.6. The van der Waals surface area contributed by atoms with Gasteiger partial charge in [-0.05, 0) is 56.7 Å². The molecule has 4 aromatic rings. The Bertz CT molecular complexity index is 1520. The third kappa shape index (κ3) is 5.92. The molecule has 0 aromatic carbocycles. The number of nitrogens with zero attached hydrogens (tertiary/aromatic N) is 5. The molecule has 3 amide bonds. The highest BCUT2D eigenvalue weighted by Crippen LogP contribution is 2.30. The predicted octanol–water partition coefficient (Wildman–Crippen LogP) is 4.03. The van der Waals surface area contributed by atoms with Gasteiger partial charge in [0.2, 0.25) is 0 Å². The molecule has 4 heterocycles. The zero-order valence-corrected chi connectivity index (χ0v) is 21.6. The van der Waals surface area contributed by atoms with Crippen LogP contribution in [0.15, 0.2) is 55.2 Å². The average molecular weight is 545 g/mol. The summed E-state index contributed by atoms with van der Waals surface area (Å²) in [5.74, 6) is -0.558. The van der Waals surface area contributed by atoms with Crippen molar-refractivity contribution in [3.05, 3.63) is 66.8 Å². The number of fused-ring (bicyclic) bond motifs is 1. The van der Waals surface area contributed by atoms with Gasteiger partial charge in [-0.15, -0.1) is 5.10 Å². The van der Waals surface area contributed by atoms with Crippen LogP contribution in [0.3, 0.4) is 0 Å². The molecule has 0 spiro atoms. The van der Waals surface area contributed by atoms with Crippen LogP contribution in [0.2, 0.25) is 0 Å². The summed E-state index contributed by atoms with van der Waals surface area (Å²) in [6.07, 6.45) is 12.6. The van der Waals surface area contributed by atoms with Gasteiger partial charge in [0.05, 0.1) is 23.8 Å². The van der Waals surface area contributed by atoms with Crippen molar-refractivity contribution >= 4 is 40.5 Å². The van der Waals surface area contributed by atoms with Crippen LogP contribution in [-0.2, 0) is 0 Å². The lowest BCUT2D eigenvalue weighted by molar-refractivity contribution is 0.102. The molecule has 2 fully saturated rings. The van der Waals surface area contributed by atoms with E-state index in [4.69, 9.17) is 0 Å². The third-order valence-corrected chi connectivity index (χ3v) is 7.01. The Balaban J connectivity index is 1.13. The number of urea groups is 1. The third-order valence-electron chi connectivity index (χ3n) is 7.01. The van der Waals surface area contributed by atoms with E-state index >= 15 is 0 Å². The van der Waals surface area contributed by atoms with Gasteiger partial charge < -0.3 is 26.6 Å². The average Bonchev–Trinajstić information content (AvgIpc) is 3.66. The van der Waals surface area contributed by atoms with Crippen LogP contribution in [0, 0.1) is 5.82 Å². The summed E-state index contributed by atoms with van der Waals surface area (Å²) in [6, 6.07) is 7.13. The number of carbonyl (C=O) groups excluding carboxylic acids is 2. The van der Waals surface area contributed by atoms with Crippen molar-refractivity contribution < 1.29 is 14.0 Å². The lowest BCUT2D eigenvalue weighted by Crippen LogP contribution is -2.42. The molecule has 0 radical (unpaired) electrons. The first-order valence-electron chi connectivity index (χ1n) is 13.3. The quantitative estimate of drug-likeness (QED) is 0.223. The first kappa shape index (κ1) is 25.5. The second-order valence-corrected chi connectivity index (χ2v) is 10.1. The molecule has 0 saturated heterocycles. The fraction of sp³-hybridized carbons (Fsp3) is 0.333. The highest BCUT2D eigenvalue weighted by atomic mass is 19.1. The molecule has 0 atom stereocenters. The van der Waals surface area contributed by atoms with E-state index < -0.39 is 11.7 Å². The maximum Gasteiger partial charge on any atom is 0.319 e. The number of imidazole rings is 1. The van der Waals surface area contributed by atoms with Gasteiger partial charge in [-0.2, -0.15) is 0 Å². The van der Waals surface area contributed by atoms with E-state index in [2.05, 4.69) is 46.6 Å². The molecule has 0 bridgehead atoms. The van der Waals surface area contributed by atoms with Crippen LogP contribution in [0.1, 0.15) is 49.0 Å². The number of amides is 3. The van der Waals surface area contributed by atoms with Crippen molar-refractivity contribution in [2.45, 2.75) is 56.7 Å². The minimum Gasteiger partial charge on any atom is -0.379 e. The van der Waals surface area contributed by atoms with Crippen LogP contribution >= 0.6 is 0 Å². The summed E-state index contributed by atoms with van der Waals surface area (Å²) in [5.41, 5.74) is 2.20. The van der Waals surface area contributed by atoms with Crippen molar-refractivity contribution in [3.8, 4) is 0 Å². The Hall–Kier alpha value is -4.81. The summed E-state index contributed by atoms with van der Waals surface area (Å²) in [7, 11) is 0. The van der Waals surface area contributed by atoms with E-state index in [1.165, 1.54) is 23.0 Å². The number of hydrogen-bond donors (Lipinski definition) is 5. The lowest BCUT2D eigenvalue weighted by Gasteiger charge is -2.30. The van der Waals surface area contributed by atoms with Gasteiger partial charge in [-0.1, -0.05) is 0 Å². The highest BCUT2D eigenvalue weighted by molar-refractivity contribution is 6.03. The zero-order chi connectivity index (χ0) is 27.5. The highest BCUT2D eigenvalue weighted by Gasteiger charge is 2.26. The largest absolute Gasteiger partial charge is 0.379 e. The Morgan fingerprint density at radius 2 is 1.52 bits per heavy atom. The Morgan fingerprint density at radius 1 is 0.825 bits per heavy atom. The molecule has 4 aromatic heterocycles. The molecule has 5 N–H and O–H groups in total. The van der Waals surface area contributed by atoms with Gasteiger partial charge in [-0.3, -0.25) is 14.8 Å². The van der Waals surface area contributed by atoms with Crippen LogP contribution in [-0.4, -0.2) is 54.6 Å². The molecule has 6 rings (SSSR count). The second kappa shape index (κ2) is 11.1. The van der Waals surface area contributed by atoms with Gasteiger partial charge in [0.15, 0.2) is 17.2 Å². The van der Waals surface area contributed by atoms with Crippen LogP contribution in [0.5, 0.6) is 0 Å². The molecular formula is C27H29FN10O2. The van der Waals surface area contributed by atoms with Crippen LogP contribution in [0.25, 0.3) is 5.65 Å². The van der Waals surface area contributed by atoms with Gasteiger partial charge in [0, 0.05) is 48.5 Å². The van der Waals surface area contributed by atoms with Gasteiger partial charge in [-0.25, -0.2) is 18.7 Å². The van der Waals surface area contributed by atoms with Crippen molar-refractivity contribution in [1.29, 1.82) is 0 Å². The summed E-state index contributed by atoms with van der Waals surface area (Å²) in [4.78, 5) is 37.5. The predicted molar refractivity (Wildman–Crippen MR) is 148 cm³/mol. The number of halogens is 1. The van der Waals surface area contributed by atoms with E-state index in [9.17, 15) is 14.0 Å². The first-order chi connectivity index (χ1) is 19.5. The maximum absolute atomic E-state index is 14.1. The van der Waals surface area contributed by atoms with Crippen molar-refractivity contribution in [2.24, 2.45) is 0 Å². The topological polar surface area (TPSA) is 150 Å². The summed E-state index contributed by atoms with van der Waals surface area (Å²) < 4.78 is 15.6. The van der Waals surface area contributed by atoms with E-state index in [-0.39, 0.29) is 29.5 Å². The van der Waals surface area contributed by atoms with E-state index in [1.54, 1.807) is 24.5 Å². The standard InChI is InChI=1S/C27H29FN10O2/c28-20-14-30-12-9-21(20)36-26(39)23-15-31-25-22(32-16-1-2-16)13-24(37-38(23)25)33-17-3-5-18(6-4-17)34-27(40)35-19-7-10-29-11-8-19/h7-18,32H,1-6H2,(H,33,37)(H,30,36,39)(H2,29,34,35,40). The smallest absolute Gasteiger partial charge is 0.319 e. The first-order valence-corrected chi connectivity index (χ1v) is 13.3. The number of carbonyl (C=O) groups is 2. The normalized spacial score (nSPS) is 18.6. The molecule has 2 aliphatic carbocycles. The summed E-state index contributed by atoms with van der Waals surface area (Å²) in [6.45, 7) is 0. The monoisotopic (exact) mass is 544 g/mol. The number of nitrogens with one attached hydrogen (secondary N) is 5. The number of hydrogen-bond acceptors (Lipinski definition) is 8. The minimum absolute atomic E-state index is 0.0281. The van der Waals surface area contributed by atoms with Gasteiger partial charge in [0.1, 0.15) is 5.82 Å². The molecule has 0 unspecified atom stereocenters. The number of anilines is 4. The molecule has 13 heteroatoms. The van der Waals surface area contributed by atoms with Crippen LogP contribution < -0.4 is 26.6 Å².